The lowest BCUT2D eigenvalue weighted by atomic mass is 10.2. The van der Waals surface area contributed by atoms with Crippen molar-refractivity contribution in [1.82, 2.24) is 9.97 Å². The summed E-state index contributed by atoms with van der Waals surface area (Å²) in [5.74, 6) is -0.0113. The van der Waals surface area contributed by atoms with E-state index in [1.807, 2.05) is 49.4 Å². The molecule has 2 aromatic carbocycles. The molecule has 28 heavy (non-hydrogen) atoms. The highest BCUT2D eigenvalue weighted by Gasteiger charge is 2.15. The number of benzene rings is 2. The quantitative estimate of drug-likeness (QED) is 0.369. The molecule has 0 aliphatic heterocycles. The summed E-state index contributed by atoms with van der Waals surface area (Å²) in [4.78, 5) is 19.1. The number of hydrogen-bond acceptors (Lipinski definition) is 6. The third-order valence-corrected chi connectivity index (χ3v) is 3.96. The van der Waals surface area contributed by atoms with E-state index in [2.05, 4.69) is 9.97 Å². The number of imidazole rings is 1. The monoisotopic (exact) mass is 377 g/mol. The van der Waals surface area contributed by atoms with Crippen LogP contribution in [0, 0.1) is 18.3 Å². The van der Waals surface area contributed by atoms with E-state index in [1.165, 1.54) is 0 Å². The second-order valence-electron chi connectivity index (χ2n) is 6.11. The molecule has 2 N–H and O–H groups in total. The first-order valence-electron chi connectivity index (χ1n) is 8.69. The summed E-state index contributed by atoms with van der Waals surface area (Å²) in [6.07, 6.45) is 0.0216. The zero-order valence-electron chi connectivity index (χ0n) is 15.3. The third kappa shape index (κ3) is 4.68. The molecule has 0 bridgehead atoms. The molecule has 1 heterocycles. The lowest BCUT2D eigenvalue weighted by Crippen LogP contribution is -2.12. The number of H-pyrrole nitrogens is 1. The highest BCUT2D eigenvalue weighted by Crippen LogP contribution is 2.19. The van der Waals surface area contributed by atoms with Gasteiger partial charge in [-0.05, 0) is 36.8 Å². The van der Waals surface area contributed by atoms with E-state index in [0.717, 1.165) is 11.1 Å². The normalized spacial score (nSPS) is 11.6. The van der Waals surface area contributed by atoms with Gasteiger partial charge in [0.2, 0.25) is 0 Å². The van der Waals surface area contributed by atoms with Gasteiger partial charge in [0, 0.05) is 0 Å². The number of ether oxygens (including phenoxy) is 2. The number of aromatic amines is 1. The second kappa shape index (κ2) is 8.73. The van der Waals surface area contributed by atoms with E-state index < -0.39 is 12.6 Å². The Hall–Kier alpha value is -3.79. The number of carbonyl (C=O) groups is 1. The molecule has 0 aliphatic carbocycles. The van der Waals surface area contributed by atoms with Gasteiger partial charge in [-0.3, -0.25) is 4.79 Å². The zero-order chi connectivity index (χ0) is 19.9. The topological polar surface area (TPSA) is 108 Å². The molecule has 0 fully saturated rings. The van der Waals surface area contributed by atoms with Crippen molar-refractivity contribution in [3.63, 3.8) is 0 Å². The largest absolute Gasteiger partial charge is 0.507 e. The molecule has 0 atom stereocenters. The molecule has 0 unspecified atom stereocenters. The predicted octanol–water partition coefficient (Wildman–Crippen LogP) is 3.68. The number of aryl methyl sites for hydroxylation is 1. The van der Waals surface area contributed by atoms with Crippen molar-refractivity contribution in [2.24, 2.45) is 0 Å². The van der Waals surface area contributed by atoms with Gasteiger partial charge < -0.3 is 19.6 Å². The molecule has 3 aromatic rings. The lowest BCUT2D eigenvalue weighted by Gasteiger charge is -2.08. The van der Waals surface area contributed by atoms with Crippen molar-refractivity contribution in [3.8, 4) is 11.8 Å². The highest BCUT2D eigenvalue weighted by molar-refractivity contribution is 5.83. The molecule has 0 saturated carbocycles. The van der Waals surface area contributed by atoms with Gasteiger partial charge in [-0.15, -0.1) is 0 Å². The number of para-hydroxylation sites is 2. The molecule has 0 aliphatic rings. The van der Waals surface area contributed by atoms with Gasteiger partial charge in [0.15, 0.2) is 11.6 Å². The van der Waals surface area contributed by atoms with Gasteiger partial charge in [-0.2, -0.15) is 5.26 Å². The fourth-order valence-electron chi connectivity index (χ4n) is 2.58. The van der Waals surface area contributed by atoms with Crippen LogP contribution in [0.5, 0.6) is 5.75 Å². The number of nitriles is 1. The minimum Gasteiger partial charge on any atom is -0.507 e. The molecular weight excluding hydrogens is 358 g/mol. The van der Waals surface area contributed by atoms with Crippen LogP contribution in [-0.2, 0) is 9.53 Å². The fraction of sp³-hybridized carbons (Fsp3) is 0.190. The number of aliphatic hydroxyl groups is 1. The fourth-order valence-corrected chi connectivity index (χ4v) is 2.58. The Labute approximate surface area is 161 Å². The van der Waals surface area contributed by atoms with Crippen LogP contribution >= 0.6 is 0 Å². The summed E-state index contributed by atoms with van der Waals surface area (Å²) in [7, 11) is 0. The van der Waals surface area contributed by atoms with Crippen molar-refractivity contribution < 1.29 is 19.4 Å². The number of nitrogens with zero attached hydrogens (tertiary/aromatic N) is 2. The minimum absolute atomic E-state index is 0.0216. The van der Waals surface area contributed by atoms with Crippen molar-refractivity contribution in [2.45, 2.75) is 13.3 Å². The number of nitrogens with one attached hydrogen (secondary N) is 1. The maximum absolute atomic E-state index is 11.9. The van der Waals surface area contributed by atoms with Gasteiger partial charge in [0.1, 0.15) is 24.0 Å². The van der Waals surface area contributed by atoms with E-state index in [1.54, 1.807) is 12.1 Å². The second-order valence-corrected chi connectivity index (χ2v) is 6.11. The van der Waals surface area contributed by atoms with Crippen LogP contribution in [0.25, 0.3) is 16.6 Å². The number of esters is 1. The number of fused-ring (bicyclic) bond motifs is 1. The van der Waals surface area contributed by atoms with Gasteiger partial charge in [-0.25, -0.2) is 4.98 Å². The van der Waals surface area contributed by atoms with E-state index in [4.69, 9.17) is 9.47 Å². The van der Waals surface area contributed by atoms with Crippen molar-refractivity contribution in [3.05, 3.63) is 65.7 Å². The number of aromatic nitrogens is 2. The first-order chi connectivity index (χ1) is 13.6. The molecule has 0 saturated heterocycles. The first kappa shape index (κ1) is 19.0. The lowest BCUT2D eigenvalue weighted by molar-refractivity contribution is -0.143. The first-order valence-corrected chi connectivity index (χ1v) is 8.69. The molecular formula is C21H19N3O4. The molecule has 0 radical (unpaired) electrons. The van der Waals surface area contributed by atoms with Crippen molar-refractivity contribution in [1.29, 1.82) is 5.26 Å². The average Bonchev–Trinajstić information content (AvgIpc) is 3.10. The number of carbonyl (C=O) groups excluding carboxylic acids is 1. The number of hydrogen-bond donors (Lipinski definition) is 2. The molecule has 0 amide bonds. The maximum atomic E-state index is 11.9. The Morgan fingerprint density at radius 1 is 1.25 bits per heavy atom. The standard InChI is InChI=1S/C21H19N3O4/c1-14-5-4-6-15(11-14)27-10-9-20(26)28-13-19(25)16(12-22)21-23-17-7-2-3-8-18(17)24-21/h2-8,11,25H,9-10,13H2,1H3,(H,23,24)/b19-16-. The average molecular weight is 377 g/mol. The summed E-state index contributed by atoms with van der Waals surface area (Å²) in [6.45, 7) is 1.69. The van der Waals surface area contributed by atoms with Crippen LogP contribution in [0.3, 0.4) is 0 Å². The van der Waals surface area contributed by atoms with Gasteiger partial charge in [-0.1, -0.05) is 24.3 Å². The van der Waals surface area contributed by atoms with Gasteiger partial charge in [0.25, 0.3) is 0 Å². The zero-order valence-corrected chi connectivity index (χ0v) is 15.3. The Bertz CT molecular complexity index is 1030. The Kier molecular flexibility index (Phi) is 5.92. The smallest absolute Gasteiger partial charge is 0.309 e. The Balaban J connectivity index is 1.55. The molecule has 0 spiro atoms. The van der Waals surface area contributed by atoms with Crippen molar-refractivity contribution >= 4 is 22.6 Å². The Morgan fingerprint density at radius 3 is 2.82 bits per heavy atom. The molecule has 7 heteroatoms. The predicted molar refractivity (Wildman–Crippen MR) is 104 cm³/mol. The Morgan fingerprint density at radius 2 is 2.07 bits per heavy atom. The summed E-state index contributed by atoms with van der Waals surface area (Å²) in [6, 6.07) is 16.6. The molecule has 1 aromatic heterocycles. The number of rotatable bonds is 7. The SMILES string of the molecule is Cc1cccc(OCCC(=O)OC/C(O)=C(\C#N)c2nc3ccccc3[nH]2)c1. The molecule has 3 rings (SSSR count). The van der Waals surface area contributed by atoms with Crippen LogP contribution in [0.2, 0.25) is 0 Å². The van der Waals surface area contributed by atoms with Crippen molar-refractivity contribution in [2.75, 3.05) is 13.2 Å². The molecule has 7 nitrogen and oxygen atoms in total. The van der Waals surface area contributed by atoms with Gasteiger partial charge in [0.05, 0.1) is 24.1 Å². The summed E-state index contributed by atoms with van der Waals surface area (Å²) in [5, 5.41) is 19.5. The van der Waals surface area contributed by atoms with Crippen LogP contribution < -0.4 is 4.74 Å². The molecule has 142 valence electrons. The summed E-state index contributed by atoms with van der Waals surface area (Å²) >= 11 is 0. The summed E-state index contributed by atoms with van der Waals surface area (Å²) in [5.41, 5.74) is 2.40. The van der Waals surface area contributed by atoms with Gasteiger partial charge >= 0.3 is 5.97 Å². The highest BCUT2D eigenvalue weighted by atomic mass is 16.5. The maximum Gasteiger partial charge on any atom is 0.309 e. The van der Waals surface area contributed by atoms with E-state index in [9.17, 15) is 15.2 Å². The van der Waals surface area contributed by atoms with Crippen LogP contribution in [0.1, 0.15) is 17.8 Å². The minimum atomic E-state index is -0.541. The van der Waals surface area contributed by atoms with Crippen LogP contribution in [0.4, 0.5) is 0 Å². The van der Waals surface area contributed by atoms with Crippen LogP contribution in [0.15, 0.2) is 54.3 Å². The third-order valence-electron chi connectivity index (χ3n) is 3.96. The van der Waals surface area contributed by atoms with E-state index in [-0.39, 0.29) is 30.2 Å². The van der Waals surface area contributed by atoms with E-state index >= 15 is 0 Å². The number of aliphatic hydroxyl groups excluding tert-OH is 1. The van der Waals surface area contributed by atoms with E-state index in [0.29, 0.717) is 11.3 Å². The number of allylic oxidation sites excluding steroid dienone is 1. The summed E-state index contributed by atoms with van der Waals surface area (Å²) < 4.78 is 10.5. The van der Waals surface area contributed by atoms with Crippen LogP contribution in [-0.4, -0.2) is 34.3 Å².